The predicted octanol–water partition coefficient (Wildman–Crippen LogP) is 3.78. The molecule has 3 aromatic carbocycles. The number of nitrogens with zero attached hydrogens (tertiary/aromatic N) is 3. The molecule has 1 aliphatic heterocycles. The Morgan fingerprint density at radius 1 is 1.00 bits per heavy atom. The van der Waals surface area contributed by atoms with Crippen LogP contribution in [-0.4, -0.2) is 44.4 Å². The summed E-state index contributed by atoms with van der Waals surface area (Å²) in [5.74, 6) is -0.534. The third-order valence-electron chi connectivity index (χ3n) is 6.43. The van der Waals surface area contributed by atoms with E-state index < -0.39 is 25.8 Å². The topological polar surface area (TPSA) is 106 Å². The van der Waals surface area contributed by atoms with Crippen molar-refractivity contribution in [1.29, 1.82) is 0 Å². The first-order valence-corrected chi connectivity index (χ1v) is 15.9. The fourth-order valence-electron chi connectivity index (χ4n) is 4.42. The van der Waals surface area contributed by atoms with Crippen LogP contribution in [0.5, 0.6) is 0 Å². The average molecular weight is 568 g/mol. The van der Waals surface area contributed by atoms with Crippen LogP contribution in [0.25, 0.3) is 10.2 Å². The number of amides is 1. The van der Waals surface area contributed by atoms with E-state index in [1.54, 1.807) is 22.8 Å². The van der Waals surface area contributed by atoms with Crippen molar-refractivity contribution < 1.29 is 21.6 Å². The number of sulfonamides is 1. The third kappa shape index (κ3) is 5.02. The number of fused-ring (bicyclic) bond motifs is 2. The normalized spacial score (nSPS) is 14.9. The number of thiazole rings is 1. The lowest BCUT2D eigenvalue weighted by molar-refractivity contribution is 0.0997. The van der Waals surface area contributed by atoms with E-state index in [1.807, 2.05) is 24.3 Å². The highest BCUT2D eigenvalue weighted by Gasteiger charge is 2.28. The lowest BCUT2D eigenvalue weighted by Gasteiger charge is -2.28. The van der Waals surface area contributed by atoms with Crippen LogP contribution >= 0.6 is 11.3 Å². The largest absolute Gasteiger partial charge is 0.312 e. The molecule has 11 heteroatoms. The van der Waals surface area contributed by atoms with Gasteiger partial charge in [0.1, 0.15) is 0 Å². The molecule has 0 unspecified atom stereocenters. The second-order valence-corrected chi connectivity index (χ2v) is 13.9. The Labute approximate surface area is 225 Å². The van der Waals surface area contributed by atoms with E-state index in [0.717, 1.165) is 22.9 Å². The van der Waals surface area contributed by atoms with Gasteiger partial charge in [0.05, 0.1) is 20.0 Å². The van der Waals surface area contributed by atoms with Gasteiger partial charge in [-0.1, -0.05) is 41.7 Å². The van der Waals surface area contributed by atoms with Gasteiger partial charge in [-0.15, -0.1) is 6.58 Å². The van der Waals surface area contributed by atoms with Gasteiger partial charge in [0.15, 0.2) is 14.6 Å². The highest BCUT2D eigenvalue weighted by Crippen LogP contribution is 2.26. The average Bonchev–Trinajstić information content (AvgIpc) is 3.24. The standard InChI is InChI=1S/C27H25N3O5S3/c1-3-15-30-24-13-12-23(37(2,32)33)17-25(24)36-27(30)28-26(31)20-8-10-22(11-9-20)38(34,35)29-16-14-19-6-4-5-7-21(19)18-29/h3-13,17H,1,14-16,18H2,2H3. The second-order valence-electron chi connectivity index (χ2n) is 8.98. The van der Waals surface area contributed by atoms with Crippen LogP contribution in [0.1, 0.15) is 21.5 Å². The van der Waals surface area contributed by atoms with Crippen LogP contribution in [0.2, 0.25) is 0 Å². The number of allylic oxidation sites excluding steroid dienone is 1. The first kappa shape index (κ1) is 26.2. The summed E-state index contributed by atoms with van der Waals surface area (Å²) in [7, 11) is -7.11. The van der Waals surface area contributed by atoms with Crippen molar-refractivity contribution in [2.45, 2.75) is 29.3 Å². The van der Waals surface area contributed by atoms with Gasteiger partial charge in [-0.3, -0.25) is 4.79 Å². The van der Waals surface area contributed by atoms with Crippen LogP contribution in [0.4, 0.5) is 0 Å². The van der Waals surface area contributed by atoms with Gasteiger partial charge in [0, 0.05) is 31.5 Å². The van der Waals surface area contributed by atoms with Crippen LogP contribution in [0.3, 0.4) is 0 Å². The number of carbonyl (C=O) groups is 1. The number of sulfone groups is 1. The maximum absolute atomic E-state index is 13.2. The zero-order valence-corrected chi connectivity index (χ0v) is 23.0. The first-order valence-electron chi connectivity index (χ1n) is 11.8. The number of benzene rings is 3. The lowest BCUT2D eigenvalue weighted by Crippen LogP contribution is -2.35. The van der Waals surface area contributed by atoms with Crippen molar-refractivity contribution in [3.05, 3.63) is 101 Å². The Hall–Kier alpha value is -3.38. The molecule has 2 heterocycles. The summed E-state index contributed by atoms with van der Waals surface area (Å²) in [4.78, 5) is 18.0. The summed E-state index contributed by atoms with van der Waals surface area (Å²) < 4.78 is 54.3. The van der Waals surface area contributed by atoms with Crippen molar-refractivity contribution in [1.82, 2.24) is 8.87 Å². The van der Waals surface area contributed by atoms with Crippen LogP contribution in [0.15, 0.2) is 94.2 Å². The zero-order chi connectivity index (χ0) is 27.1. The summed E-state index contributed by atoms with van der Waals surface area (Å²) >= 11 is 1.20. The lowest BCUT2D eigenvalue weighted by atomic mass is 10.0. The Balaban J connectivity index is 1.44. The summed E-state index contributed by atoms with van der Waals surface area (Å²) in [5.41, 5.74) is 3.13. The maximum Gasteiger partial charge on any atom is 0.279 e. The molecule has 196 valence electrons. The molecule has 1 aliphatic rings. The maximum atomic E-state index is 13.2. The molecule has 4 aromatic rings. The number of hydrogen-bond donors (Lipinski definition) is 0. The molecule has 0 fully saturated rings. The van der Waals surface area contributed by atoms with E-state index in [1.165, 1.54) is 46.0 Å². The molecule has 0 spiro atoms. The van der Waals surface area contributed by atoms with E-state index >= 15 is 0 Å². The quantitative estimate of drug-likeness (QED) is 0.330. The minimum absolute atomic E-state index is 0.116. The molecule has 8 nitrogen and oxygen atoms in total. The van der Waals surface area contributed by atoms with E-state index in [0.29, 0.717) is 35.6 Å². The van der Waals surface area contributed by atoms with E-state index in [-0.39, 0.29) is 15.4 Å². The smallest absolute Gasteiger partial charge is 0.279 e. The minimum atomic E-state index is -3.72. The van der Waals surface area contributed by atoms with Crippen molar-refractivity contribution >= 4 is 47.3 Å². The predicted molar refractivity (Wildman–Crippen MR) is 147 cm³/mol. The summed E-state index contributed by atoms with van der Waals surface area (Å²) in [6.45, 7) is 4.84. The Morgan fingerprint density at radius 3 is 2.37 bits per heavy atom. The highest BCUT2D eigenvalue weighted by molar-refractivity contribution is 7.90. The Bertz CT molecular complexity index is 1850. The molecule has 1 amide bonds. The molecule has 0 bridgehead atoms. The Morgan fingerprint density at radius 2 is 1.68 bits per heavy atom. The van der Waals surface area contributed by atoms with E-state index in [2.05, 4.69) is 11.6 Å². The van der Waals surface area contributed by atoms with Crippen molar-refractivity contribution in [3.63, 3.8) is 0 Å². The number of hydrogen-bond acceptors (Lipinski definition) is 6. The first-order chi connectivity index (χ1) is 18.1. The van der Waals surface area contributed by atoms with E-state index in [4.69, 9.17) is 0 Å². The van der Waals surface area contributed by atoms with Gasteiger partial charge in [-0.2, -0.15) is 9.30 Å². The van der Waals surface area contributed by atoms with Gasteiger partial charge >= 0.3 is 0 Å². The monoisotopic (exact) mass is 567 g/mol. The summed E-state index contributed by atoms with van der Waals surface area (Å²) in [6, 6.07) is 18.4. The van der Waals surface area contributed by atoms with Crippen molar-refractivity contribution in [2.24, 2.45) is 4.99 Å². The third-order valence-corrected chi connectivity index (χ3v) is 10.4. The Kier molecular flexibility index (Phi) is 6.95. The van der Waals surface area contributed by atoms with Crippen molar-refractivity contribution in [2.75, 3.05) is 12.8 Å². The van der Waals surface area contributed by atoms with Gasteiger partial charge < -0.3 is 4.57 Å². The summed E-state index contributed by atoms with van der Waals surface area (Å²) in [5, 5.41) is 0. The van der Waals surface area contributed by atoms with Crippen LogP contribution < -0.4 is 4.80 Å². The zero-order valence-electron chi connectivity index (χ0n) is 20.6. The number of carbonyl (C=O) groups excluding carboxylic acids is 1. The minimum Gasteiger partial charge on any atom is -0.312 e. The number of aromatic nitrogens is 1. The molecule has 0 saturated heterocycles. The summed E-state index contributed by atoms with van der Waals surface area (Å²) in [6.07, 6.45) is 3.46. The molecule has 5 rings (SSSR count). The molecule has 0 saturated carbocycles. The van der Waals surface area contributed by atoms with Gasteiger partial charge in [-0.05, 0) is 60.0 Å². The molecule has 0 N–H and O–H groups in total. The fraction of sp³-hybridized carbons (Fsp3) is 0.185. The highest BCUT2D eigenvalue weighted by atomic mass is 32.2. The molecule has 0 radical (unpaired) electrons. The van der Waals surface area contributed by atoms with Gasteiger partial charge in [0.25, 0.3) is 5.91 Å². The molecule has 38 heavy (non-hydrogen) atoms. The molecule has 1 aromatic heterocycles. The molecule has 0 atom stereocenters. The fourth-order valence-corrected chi connectivity index (χ4v) is 7.64. The number of rotatable bonds is 6. The molecular formula is C27H25N3O5S3. The van der Waals surface area contributed by atoms with Crippen molar-refractivity contribution in [3.8, 4) is 0 Å². The van der Waals surface area contributed by atoms with Crippen LogP contribution in [-0.2, 0) is 39.4 Å². The molecular weight excluding hydrogens is 543 g/mol. The van der Waals surface area contributed by atoms with E-state index in [9.17, 15) is 21.6 Å². The van der Waals surface area contributed by atoms with Crippen LogP contribution in [0, 0.1) is 0 Å². The second kappa shape index (κ2) is 10.1. The molecule has 0 aliphatic carbocycles. The SMILES string of the molecule is C=CCn1c(=NC(=O)c2ccc(S(=O)(=O)N3CCc4ccccc4C3)cc2)sc2cc(S(C)(=O)=O)ccc21. The van der Waals surface area contributed by atoms with Gasteiger partial charge in [-0.25, -0.2) is 16.8 Å². The van der Waals surface area contributed by atoms with Gasteiger partial charge in [0.2, 0.25) is 10.0 Å².